The number of carbonyl (C=O) groups is 1. The van der Waals surface area contributed by atoms with Crippen LogP contribution < -0.4 is 0 Å². The number of benzene rings is 2. The van der Waals surface area contributed by atoms with Crippen LogP contribution in [0.1, 0.15) is 21.5 Å². The average Bonchev–Trinajstić information content (AvgIpc) is 2.67. The normalized spacial score (nSPS) is 15.6. The molecule has 0 spiro atoms. The van der Waals surface area contributed by atoms with Crippen LogP contribution in [0.5, 0.6) is 0 Å². The molecule has 2 nitrogen and oxygen atoms in total. The van der Waals surface area contributed by atoms with E-state index in [0.717, 1.165) is 11.1 Å². The van der Waals surface area contributed by atoms with Gasteiger partial charge in [-0.2, -0.15) is 0 Å². The van der Waals surface area contributed by atoms with E-state index in [4.69, 9.17) is 16.3 Å². The Hall–Kier alpha value is -2.06. The maximum atomic E-state index is 11.7. The summed E-state index contributed by atoms with van der Waals surface area (Å²) in [6.07, 6.45) is 1.83. The molecule has 0 saturated carbocycles. The van der Waals surface area contributed by atoms with E-state index in [-0.39, 0.29) is 5.97 Å². The standard InChI is InChI=1S/C15H9ClO2/c16-11-6-7-12-13(9-11)14(18-15(12)17)8-10-4-2-1-3-5-10/h1-9H/b14-8-. The van der Waals surface area contributed by atoms with Gasteiger partial charge in [-0.3, -0.25) is 0 Å². The molecule has 3 rings (SSSR count). The second-order valence-corrected chi connectivity index (χ2v) is 4.44. The molecule has 0 atom stereocenters. The van der Waals surface area contributed by atoms with Gasteiger partial charge in [0.05, 0.1) is 5.56 Å². The van der Waals surface area contributed by atoms with Crippen molar-refractivity contribution in [2.45, 2.75) is 0 Å². The first-order chi connectivity index (χ1) is 8.74. The molecule has 0 saturated heterocycles. The lowest BCUT2D eigenvalue weighted by atomic mass is 10.1. The molecular formula is C15H9ClO2. The molecule has 0 bridgehead atoms. The molecular weight excluding hydrogens is 248 g/mol. The lowest BCUT2D eigenvalue weighted by molar-refractivity contribution is 0.0717. The van der Waals surface area contributed by atoms with Crippen molar-refractivity contribution in [2.75, 3.05) is 0 Å². The fourth-order valence-corrected chi connectivity index (χ4v) is 2.09. The highest BCUT2D eigenvalue weighted by molar-refractivity contribution is 6.31. The Kier molecular flexibility index (Phi) is 2.65. The van der Waals surface area contributed by atoms with E-state index in [9.17, 15) is 4.79 Å². The number of esters is 1. The minimum absolute atomic E-state index is 0.330. The Morgan fingerprint density at radius 1 is 1.00 bits per heavy atom. The Bertz CT molecular complexity index is 645. The third kappa shape index (κ3) is 1.91. The first-order valence-electron chi connectivity index (χ1n) is 5.53. The first-order valence-corrected chi connectivity index (χ1v) is 5.91. The SMILES string of the molecule is O=C1O/C(=C\c2ccccc2)c2cc(Cl)ccc21. The van der Waals surface area contributed by atoms with Gasteiger partial charge in [-0.1, -0.05) is 41.9 Å². The molecule has 2 aromatic rings. The third-order valence-electron chi connectivity index (χ3n) is 2.77. The largest absolute Gasteiger partial charge is 0.422 e. The highest BCUT2D eigenvalue weighted by Crippen LogP contribution is 2.33. The van der Waals surface area contributed by atoms with Crippen LogP contribution in [0.25, 0.3) is 11.8 Å². The fraction of sp³-hybridized carbons (Fsp3) is 0. The lowest BCUT2D eigenvalue weighted by Crippen LogP contribution is -1.92. The average molecular weight is 257 g/mol. The summed E-state index contributed by atoms with van der Waals surface area (Å²) in [4.78, 5) is 11.7. The smallest absolute Gasteiger partial charge is 0.344 e. The summed E-state index contributed by atoms with van der Waals surface area (Å²) in [5.41, 5.74) is 2.28. The van der Waals surface area contributed by atoms with Crippen LogP contribution in [0, 0.1) is 0 Å². The molecule has 1 heterocycles. The molecule has 3 heteroatoms. The number of hydrogen-bond donors (Lipinski definition) is 0. The van der Waals surface area contributed by atoms with Crippen LogP contribution in [0.15, 0.2) is 48.5 Å². The first kappa shape index (κ1) is 11.1. The number of ether oxygens (including phenoxy) is 1. The van der Waals surface area contributed by atoms with Crippen molar-refractivity contribution in [3.63, 3.8) is 0 Å². The molecule has 0 aromatic heterocycles. The summed E-state index contributed by atoms with van der Waals surface area (Å²) in [5.74, 6) is 0.215. The summed E-state index contributed by atoms with van der Waals surface area (Å²) in [7, 11) is 0. The third-order valence-corrected chi connectivity index (χ3v) is 3.00. The number of carbonyl (C=O) groups excluding carboxylic acids is 1. The van der Waals surface area contributed by atoms with Crippen molar-refractivity contribution in [3.8, 4) is 0 Å². The number of cyclic esters (lactones) is 1. The summed E-state index contributed by atoms with van der Waals surface area (Å²) in [6, 6.07) is 14.8. The molecule has 0 amide bonds. The predicted octanol–water partition coefficient (Wildman–Crippen LogP) is 4.01. The van der Waals surface area contributed by atoms with Gasteiger partial charge in [0.25, 0.3) is 0 Å². The van der Waals surface area contributed by atoms with Crippen LogP contribution >= 0.6 is 11.6 Å². The van der Waals surface area contributed by atoms with E-state index in [2.05, 4.69) is 0 Å². The van der Waals surface area contributed by atoms with Crippen LogP contribution in [0.4, 0.5) is 0 Å². The van der Waals surface area contributed by atoms with E-state index in [1.165, 1.54) is 0 Å². The fourth-order valence-electron chi connectivity index (χ4n) is 1.92. The van der Waals surface area contributed by atoms with E-state index >= 15 is 0 Å². The minimum atomic E-state index is -0.330. The Morgan fingerprint density at radius 2 is 1.78 bits per heavy atom. The van der Waals surface area contributed by atoms with Gasteiger partial charge >= 0.3 is 5.97 Å². The van der Waals surface area contributed by atoms with Gasteiger partial charge in [0.1, 0.15) is 5.76 Å². The Labute approximate surface area is 109 Å². The van der Waals surface area contributed by atoms with E-state index in [0.29, 0.717) is 16.3 Å². The maximum absolute atomic E-state index is 11.7. The zero-order valence-corrected chi connectivity index (χ0v) is 10.1. The molecule has 0 unspecified atom stereocenters. The van der Waals surface area contributed by atoms with E-state index < -0.39 is 0 Å². The van der Waals surface area contributed by atoms with Gasteiger partial charge in [-0.25, -0.2) is 4.79 Å². The van der Waals surface area contributed by atoms with E-state index in [1.807, 2.05) is 36.4 Å². The summed E-state index contributed by atoms with van der Waals surface area (Å²) in [5, 5.41) is 0.589. The molecule has 1 aliphatic heterocycles. The predicted molar refractivity (Wildman–Crippen MR) is 71.2 cm³/mol. The summed E-state index contributed by atoms with van der Waals surface area (Å²) < 4.78 is 5.25. The van der Waals surface area contributed by atoms with Crippen molar-refractivity contribution in [2.24, 2.45) is 0 Å². The van der Waals surface area contributed by atoms with Gasteiger partial charge in [0.2, 0.25) is 0 Å². The zero-order chi connectivity index (χ0) is 12.5. The highest BCUT2D eigenvalue weighted by Gasteiger charge is 2.26. The number of rotatable bonds is 1. The second kappa shape index (κ2) is 4.31. The van der Waals surface area contributed by atoms with Crippen molar-refractivity contribution in [3.05, 3.63) is 70.2 Å². The van der Waals surface area contributed by atoms with Gasteiger partial charge in [-0.15, -0.1) is 0 Å². The van der Waals surface area contributed by atoms with Crippen molar-refractivity contribution in [1.29, 1.82) is 0 Å². The molecule has 0 radical (unpaired) electrons. The molecule has 2 aromatic carbocycles. The topological polar surface area (TPSA) is 26.3 Å². The maximum Gasteiger partial charge on any atom is 0.344 e. The molecule has 88 valence electrons. The van der Waals surface area contributed by atoms with Crippen LogP contribution in [0.3, 0.4) is 0 Å². The highest BCUT2D eigenvalue weighted by atomic mass is 35.5. The lowest BCUT2D eigenvalue weighted by Gasteiger charge is -1.99. The van der Waals surface area contributed by atoms with Crippen molar-refractivity contribution >= 4 is 29.4 Å². The number of fused-ring (bicyclic) bond motifs is 1. The van der Waals surface area contributed by atoms with Gasteiger partial charge in [0.15, 0.2) is 0 Å². The van der Waals surface area contributed by atoms with Crippen molar-refractivity contribution < 1.29 is 9.53 Å². The van der Waals surface area contributed by atoms with Gasteiger partial charge in [-0.05, 0) is 29.8 Å². The number of halogens is 1. The second-order valence-electron chi connectivity index (χ2n) is 4.00. The number of hydrogen-bond acceptors (Lipinski definition) is 2. The summed E-state index contributed by atoms with van der Waals surface area (Å²) >= 11 is 5.95. The summed E-state index contributed by atoms with van der Waals surface area (Å²) in [6.45, 7) is 0. The van der Waals surface area contributed by atoms with Gasteiger partial charge < -0.3 is 4.74 Å². The van der Waals surface area contributed by atoms with Crippen LogP contribution in [-0.4, -0.2) is 5.97 Å². The molecule has 0 fully saturated rings. The monoisotopic (exact) mass is 256 g/mol. The molecule has 18 heavy (non-hydrogen) atoms. The molecule has 0 aliphatic carbocycles. The minimum Gasteiger partial charge on any atom is -0.422 e. The molecule has 1 aliphatic rings. The van der Waals surface area contributed by atoms with Crippen LogP contribution in [0.2, 0.25) is 5.02 Å². The molecule has 0 N–H and O–H groups in total. The van der Waals surface area contributed by atoms with Crippen LogP contribution in [-0.2, 0) is 4.74 Å². The van der Waals surface area contributed by atoms with E-state index in [1.54, 1.807) is 18.2 Å². The van der Waals surface area contributed by atoms with Crippen molar-refractivity contribution in [1.82, 2.24) is 0 Å². The Balaban J connectivity index is 2.10. The Morgan fingerprint density at radius 3 is 2.56 bits per heavy atom. The zero-order valence-electron chi connectivity index (χ0n) is 9.39. The van der Waals surface area contributed by atoms with Gasteiger partial charge in [0, 0.05) is 10.6 Å². The quantitative estimate of drug-likeness (QED) is 0.721.